The van der Waals surface area contributed by atoms with Crippen molar-refractivity contribution in [1.29, 1.82) is 0 Å². The van der Waals surface area contributed by atoms with E-state index >= 15 is 0 Å². The number of amides is 1. The fourth-order valence-electron chi connectivity index (χ4n) is 3.73. The highest BCUT2D eigenvalue weighted by Gasteiger charge is 2.38. The molecule has 4 nitrogen and oxygen atoms in total. The van der Waals surface area contributed by atoms with Crippen molar-refractivity contribution in [2.24, 2.45) is 0 Å². The maximum Gasteiger partial charge on any atom is 0.419 e. The highest BCUT2D eigenvalue weighted by Crippen LogP contribution is 2.35. The second kappa shape index (κ2) is 7.23. The molecule has 0 saturated heterocycles. The molecule has 0 saturated carbocycles. The summed E-state index contributed by atoms with van der Waals surface area (Å²) in [6.45, 7) is 1.86. The molecule has 2 aromatic carbocycles. The zero-order valence-corrected chi connectivity index (χ0v) is 15.8. The van der Waals surface area contributed by atoms with Gasteiger partial charge in [0, 0.05) is 24.3 Å². The molecule has 156 valence electrons. The van der Waals surface area contributed by atoms with Gasteiger partial charge in [-0.15, -0.1) is 0 Å². The highest BCUT2D eigenvalue weighted by atomic mass is 19.4. The van der Waals surface area contributed by atoms with Gasteiger partial charge >= 0.3 is 6.18 Å². The number of alkyl halides is 3. The average Bonchev–Trinajstić information content (AvgIpc) is 3.13. The van der Waals surface area contributed by atoms with Crippen LogP contribution < -0.4 is 0 Å². The van der Waals surface area contributed by atoms with Crippen LogP contribution in [-0.2, 0) is 12.6 Å². The molecule has 1 aliphatic rings. The Labute approximate surface area is 168 Å². The molecule has 0 spiro atoms. The second-order valence-electron chi connectivity index (χ2n) is 7.01. The van der Waals surface area contributed by atoms with Crippen molar-refractivity contribution in [1.82, 2.24) is 14.5 Å². The minimum Gasteiger partial charge on any atom is -0.330 e. The molecule has 1 aromatic heterocycles. The van der Waals surface area contributed by atoms with Gasteiger partial charge in [0.2, 0.25) is 0 Å². The summed E-state index contributed by atoms with van der Waals surface area (Å²) in [5, 5.41) is 0. The lowest BCUT2D eigenvalue weighted by Gasteiger charge is -2.33. The first-order chi connectivity index (χ1) is 14.2. The Balaban J connectivity index is 1.66. The summed E-state index contributed by atoms with van der Waals surface area (Å²) in [6, 6.07) is 7.93. The van der Waals surface area contributed by atoms with Crippen molar-refractivity contribution < 1.29 is 26.7 Å². The van der Waals surface area contributed by atoms with Crippen LogP contribution in [0.15, 0.2) is 48.8 Å². The summed E-state index contributed by atoms with van der Waals surface area (Å²) in [4.78, 5) is 18.5. The van der Waals surface area contributed by atoms with Gasteiger partial charge in [0.05, 0.1) is 29.2 Å². The minimum absolute atomic E-state index is 0.176. The quantitative estimate of drug-likeness (QED) is 0.551. The minimum atomic E-state index is -4.89. The van der Waals surface area contributed by atoms with Crippen LogP contribution in [0.4, 0.5) is 22.0 Å². The molecule has 1 unspecified atom stereocenters. The number of hydrogen-bond donors (Lipinski definition) is 0. The second-order valence-corrected chi connectivity index (χ2v) is 7.01. The molecule has 2 heterocycles. The molecule has 0 radical (unpaired) electrons. The van der Waals surface area contributed by atoms with Gasteiger partial charge in [-0.1, -0.05) is 6.07 Å². The Kier molecular flexibility index (Phi) is 4.83. The van der Waals surface area contributed by atoms with Crippen LogP contribution in [0.5, 0.6) is 0 Å². The first-order valence-corrected chi connectivity index (χ1v) is 9.17. The smallest absolute Gasteiger partial charge is 0.330 e. The summed E-state index contributed by atoms with van der Waals surface area (Å²) >= 11 is 0. The van der Waals surface area contributed by atoms with Crippen LogP contribution in [0.3, 0.4) is 0 Å². The number of fused-ring (bicyclic) bond motifs is 1. The van der Waals surface area contributed by atoms with Crippen LogP contribution in [-0.4, -0.2) is 26.9 Å². The largest absolute Gasteiger partial charge is 0.419 e. The van der Waals surface area contributed by atoms with Crippen molar-refractivity contribution in [3.05, 3.63) is 82.9 Å². The van der Waals surface area contributed by atoms with Gasteiger partial charge < -0.3 is 9.47 Å². The number of carbonyl (C=O) groups excluding carboxylic acids is 1. The number of hydrogen-bond acceptors (Lipinski definition) is 2. The third-order valence-electron chi connectivity index (χ3n) is 5.25. The molecule has 30 heavy (non-hydrogen) atoms. The summed E-state index contributed by atoms with van der Waals surface area (Å²) in [6.07, 6.45) is -2.98. The van der Waals surface area contributed by atoms with E-state index in [0.717, 1.165) is 17.8 Å². The van der Waals surface area contributed by atoms with Crippen molar-refractivity contribution in [3.8, 4) is 5.69 Å². The lowest BCUT2D eigenvalue weighted by molar-refractivity contribution is -0.140. The normalized spacial score (nSPS) is 16.5. The predicted octanol–water partition coefficient (Wildman–Crippen LogP) is 4.93. The third-order valence-corrected chi connectivity index (χ3v) is 5.25. The number of rotatable bonds is 2. The maximum absolute atomic E-state index is 14.4. The Morgan fingerprint density at radius 1 is 1.10 bits per heavy atom. The summed E-state index contributed by atoms with van der Waals surface area (Å²) in [5.74, 6) is -2.78. The van der Waals surface area contributed by atoms with Gasteiger partial charge in [0.15, 0.2) is 0 Å². The van der Waals surface area contributed by atoms with E-state index in [9.17, 15) is 26.7 Å². The molecular weight excluding hydrogens is 405 g/mol. The molecule has 1 aliphatic heterocycles. The van der Waals surface area contributed by atoms with E-state index in [2.05, 4.69) is 4.98 Å². The van der Waals surface area contributed by atoms with Crippen LogP contribution in [0, 0.1) is 11.6 Å². The topological polar surface area (TPSA) is 38.1 Å². The van der Waals surface area contributed by atoms with Gasteiger partial charge in [-0.2, -0.15) is 13.2 Å². The van der Waals surface area contributed by atoms with Crippen molar-refractivity contribution in [2.45, 2.75) is 25.6 Å². The molecule has 1 atom stereocenters. The van der Waals surface area contributed by atoms with Gasteiger partial charge in [-0.3, -0.25) is 4.79 Å². The Bertz CT molecular complexity index is 1100. The first kappa shape index (κ1) is 20.1. The number of nitrogens with zero attached hydrogens (tertiary/aromatic N) is 3. The molecule has 9 heteroatoms. The van der Waals surface area contributed by atoms with E-state index in [1.165, 1.54) is 17.0 Å². The fourth-order valence-corrected chi connectivity index (χ4v) is 3.73. The van der Waals surface area contributed by atoms with Crippen molar-refractivity contribution in [2.75, 3.05) is 6.54 Å². The number of aromatic nitrogens is 2. The van der Waals surface area contributed by atoms with E-state index in [1.807, 2.05) is 0 Å². The maximum atomic E-state index is 14.4. The van der Waals surface area contributed by atoms with E-state index in [0.29, 0.717) is 23.9 Å². The number of halogens is 5. The number of benzene rings is 2. The monoisotopic (exact) mass is 421 g/mol. The standard InChI is InChI=1S/C21H16F5N3O/c1-12-19-17(29(11-27-19)14-7-5-13(22)6-8-14)9-10-28(12)20(30)15-3-2-4-16(18(15)23)21(24,25)26/h2-8,11-12H,9-10H2,1H3. The van der Waals surface area contributed by atoms with Crippen LogP contribution >= 0.6 is 0 Å². The summed E-state index contributed by atoms with van der Waals surface area (Å²) in [7, 11) is 0. The van der Waals surface area contributed by atoms with E-state index in [-0.39, 0.29) is 12.4 Å². The molecule has 0 aliphatic carbocycles. The zero-order chi connectivity index (χ0) is 21.6. The van der Waals surface area contributed by atoms with Gasteiger partial charge in [-0.25, -0.2) is 13.8 Å². The van der Waals surface area contributed by atoms with Crippen LogP contribution in [0.2, 0.25) is 0 Å². The SMILES string of the molecule is CC1c2ncn(-c3ccc(F)cc3)c2CCN1C(=O)c1cccc(C(F)(F)F)c1F. The van der Waals surface area contributed by atoms with Crippen LogP contribution in [0.25, 0.3) is 5.69 Å². The number of imidazole rings is 1. The highest BCUT2D eigenvalue weighted by molar-refractivity contribution is 5.95. The lowest BCUT2D eigenvalue weighted by Crippen LogP contribution is -2.40. The van der Waals surface area contributed by atoms with E-state index in [4.69, 9.17) is 0 Å². The molecule has 3 aromatic rings. The van der Waals surface area contributed by atoms with Gasteiger partial charge in [0.1, 0.15) is 11.6 Å². The predicted molar refractivity (Wildman–Crippen MR) is 98.1 cm³/mol. The molecule has 0 N–H and O–H groups in total. The molecule has 0 fully saturated rings. The van der Waals surface area contributed by atoms with Gasteiger partial charge in [0.25, 0.3) is 5.91 Å². The zero-order valence-electron chi connectivity index (χ0n) is 15.8. The molecule has 0 bridgehead atoms. The lowest BCUT2D eigenvalue weighted by atomic mass is 10.0. The number of carbonyl (C=O) groups is 1. The third kappa shape index (κ3) is 3.34. The molecular formula is C21H16F5N3O. The Hall–Kier alpha value is -3.23. The fraction of sp³-hybridized carbons (Fsp3) is 0.238. The molecule has 4 rings (SSSR count). The summed E-state index contributed by atoms with van der Waals surface area (Å²) in [5.41, 5.74) is -0.0348. The summed E-state index contributed by atoms with van der Waals surface area (Å²) < 4.78 is 68.4. The van der Waals surface area contributed by atoms with Crippen molar-refractivity contribution in [3.63, 3.8) is 0 Å². The van der Waals surface area contributed by atoms with Crippen molar-refractivity contribution >= 4 is 5.91 Å². The Morgan fingerprint density at radius 2 is 1.80 bits per heavy atom. The van der Waals surface area contributed by atoms with E-state index in [1.54, 1.807) is 30.0 Å². The van der Waals surface area contributed by atoms with E-state index < -0.39 is 35.1 Å². The first-order valence-electron chi connectivity index (χ1n) is 9.17. The van der Waals surface area contributed by atoms with Crippen LogP contribution in [0.1, 0.15) is 40.3 Å². The Morgan fingerprint density at radius 3 is 2.47 bits per heavy atom. The average molecular weight is 421 g/mol. The molecule has 1 amide bonds. The van der Waals surface area contributed by atoms with Gasteiger partial charge in [-0.05, 0) is 43.3 Å².